The molecule has 4 heteroatoms. The molecule has 0 N–H and O–H groups in total. The van der Waals surface area contributed by atoms with E-state index in [1.165, 1.54) is 0 Å². The molecule has 0 amide bonds. The molecule has 0 saturated heterocycles. The molecular weight excluding hydrogens is 367 g/mol. The second-order valence-corrected chi connectivity index (χ2v) is 5.62. The van der Waals surface area contributed by atoms with E-state index < -0.39 is 0 Å². The lowest BCUT2D eigenvalue weighted by molar-refractivity contribution is 0.415. The van der Waals surface area contributed by atoms with E-state index in [9.17, 15) is 0 Å². The van der Waals surface area contributed by atoms with E-state index in [2.05, 4.69) is 31.9 Å². The summed E-state index contributed by atoms with van der Waals surface area (Å²) in [7, 11) is 1.65. The van der Waals surface area contributed by atoms with Crippen LogP contribution in [0.2, 0.25) is 5.02 Å². The summed E-state index contributed by atoms with van der Waals surface area (Å²) >= 11 is 13.1. The molecule has 0 heterocycles. The molecular formula is C13H9Br2ClO. The Morgan fingerprint density at radius 3 is 2.18 bits per heavy atom. The largest absolute Gasteiger partial charge is 0.497 e. The molecule has 2 aromatic rings. The van der Waals surface area contributed by atoms with Crippen molar-refractivity contribution in [2.75, 3.05) is 7.11 Å². The molecule has 0 atom stereocenters. The van der Waals surface area contributed by atoms with E-state index in [-0.39, 0.29) is 0 Å². The molecule has 2 aromatic carbocycles. The van der Waals surface area contributed by atoms with Crippen molar-refractivity contribution < 1.29 is 4.74 Å². The molecule has 0 fully saturated rings. The van der Waals surface area contributed by atoms with Crippen molar-refractivity contribution >= 4 is 43.5 Å². The van der Waals surface area contributed by atoms with Crippen LogP contribution in [0.3, 0.4) is 0 Å². The van der Waals surface area contributed by atoms with Gasteiger partial charge >= 0.3 is 0 Å². The molecule has 0 aliphatic rings. The average molecular weight is 376 g/mol. The predicted molar refractivity (Wildman–Crippen MR) is 78.8 cm³/mol. The smallest absolute Gasteiger partial charge is 0.119 e. The van der Waals surface area contributed by atoms with Gasteiger partial charge in [0.15, 0.2) is 0 Å². The first-order valence-corrected chi connectivity index (χ1v) is 6.87. The van der Waals surface area contributed by atoms with Crippen molar-refractivity contribution in [1.29, 1.82) is 0 Å². The van der Waals surface area contributed by atoms with Crippen LogP contribution in [0.5, 0.6) is 5.75 Å². The Hall–Kier alpha value is -0.510. The number of ether oxygens (including phenoxy) is 1. The van der Waals surface area contributed by atoms with Crippen LogP contribution in [0.15, 0.2) is 45.3 Å². The molecule has 0 aliphatic heterocycles. The number of hydrogen-bond acceptors (Lipinski definition) is 1. The van der Waals surface area contributed by atoms with Gasteiger partial charge in [-0.15, -0.1) is 0 Å². The van der Waals surface area contributed by atoms with Gasteiger partial charge in [0.25, 0.3) is 0 Å². The van der Waals surface area contributed by atoms with Gasteiger partial charge in [-0.3, -0.25) is 0 Å². The summed E-state index contributed by atoms with van der Waals surface area (Å²) in [5.74, 6) is 0.815. The number of rotatable bonds is 2. The summed E-state index contributed by atoms with van der Waals surface area (Å²) in [4.78, 5) is 0. The molecule has 0 spiro atoms. The first-order valence-electron chi connectivity index (χ1n) is 4.91. The van der Waals surface area contributed by atoms with Gasteiger partial charge in [-0.25, -0.2) is 0 Å². The molecule has 1 nitrogen and oxygen atoms in total. The van der Waals surface area contributed by atoms with Gasteiger partial charge < -0.3 is 4.74 Å². The zero-order valence-electron chi connectivity index (χ0n) is 9.01. The van der Waals surface area contributed by atoms with Crippen molar-refractivity contribution in [3.63, 3.8) is 0 Å². The summed E-state index contributed by atoms with van der Waals surface area (Å²) in [5.41, 5.74) is 2.07. The Bertz CT molecular complexity index is 555. The van der Waals surface area contributed by atoms with Crippen LogP contribution >= 0.6 is 43.5 Å². The number of methoxy groups -OCH3 is 1. The number of hydrogen-bond donors (Lipinski definition) is 0. The van der Waals surface area contributed by atoms with E-state index in [0.29, 0.717) is 5.02 Å². The van der Waals surface area contributed by atoms with E-state index in [4.69, 9.17) is 16.3 Å². The van der Waals surface area contributed by atoms with Crippen LogP contribution < -0.4 is 4.74 Å². The van der Waals surface area contributed by atoms with Crippen LogP contribution in [0, 0.1) is 0 Å². The first-order chi connectivity index (χ1) is 8.11. The summed E-state index contributed by atoms with van der Waals surface area (Å²) in [6, 6.07) is 11.5. The first kappa shape index (κ1) is 12.9. The number of halogens is 3. The highest BCUT2D eigenvalue weighted by Gasteiger charge is 2.09. The molecule has 0 saturated carbocycles. The molecule has 0 radical (unpaired) electrons. The van der Waals surface area contributed by atoms with Crippen LogP contribution in [0.4, 0.5) is 0 Å². The van der Waals surface area contributed by atoms with Crippen LogP contribution in [0.25, 0.3) is 11.1 Å². The zero-order valence-corrected chi connectivity index (χ0v) is 12.9. The van der Waals surface area contributed by atoms with Gasteiger partial charge in [-0.1, -0.05) is 43.5 Å². The minimum Gasteiger partial charge on any atom is -0.497 e. The van der Waals surface area contributed by atoms with Gasteiger partial charge in [-0.05, 0) is 42.0 Å². The van der Waals surface area contributed by atoms with E-state index in [1.807, 2.05) is 36.4 Å². The van der Waals surface area contributed by atoms with E-state index in [1.54, 1.807) is 7.11 Å². The molecule has 0 bridgehead atoms. The van der Waals surface area contributed by atoms with Gasteiger partial charge in [0, 0.05) is 19.5 Å². The second-order valence-electron chi connectivity index (χ2n) is 3.47. The molecule has 0 aromatic heterocycles. The highest BCUT2D eigenvalue weighted by molar-refractivity contribution is 9.11. The fourth-order valence-corrected chi connectivity index (χ4v) is 2.63. The predicted octanol–water partition coefficient (Wildman–Crippen LogP) is 5.54. The summed E-state index contributed by atoms with van der Waals surface area (Å²) < 4.78 is 7.23. The molecule has 17 heavy (non-hydrogen) atoms. The van der Waals surface area contributed by atoms with Crippen LogP contribution in [-0.4, -0.2) is 7.11 Å². The maximum absolute atomic E-state index is 6.03. The Morgan fingerprint density at radius 1 is 0.941 bits per heavy atom. The van der Waals surface area contributed by atoms with Crippen LogP contribution in [-0.2, 0) is 0 Å². The van der Waals surface area contributed by atoms with Gasteiger partial charge in [-0.2, -0.15) is 0 Å². The zero-order chi connectivity index (χ0) is 12.4. The van der Waals surface area contributed by atoms with Crippen LogP contribution in [0.1, 0.15) is 0 Å². The minimum absolute atomic E-state index is 0.706. The van der Waals surface area contributed by atoms with Gasteiger partial charge in [0.05, 0.1) is 7.11 Å². The maximum atomic E-state index is 6.03. The highest BCUT2D eigenvalue weighted by atomic mass is 79.9. The molecule has 2 rings (SSSR count). The fraction of sp³-hybridized carbons (Fsp3) is 0.0769. The Labute approximate surface area is 122 Å². The lowest BCUT2D eigenvalue weighted by Crippen LogP contribution is -1.86. The third kappa shape index (κ3) is 2.84. The Morgan fingerprint density at radius 2 is 1.53 bits per heavy atom. The second kappa shape index (κ2) is 5.42. The topological polar surface area (TPSA) is 9.23 Å². The Balaban J connectivity index is 2.62. The molecule has 0 aliphatic carbocycles. The normalized spacial score (nSPS) is 10.4. The van der Waals surface area contributed by atoms with Crippen molar-refractivity contribution in [1.82, 2.24) is 0 Å². The van der Waals surface area contributed by atoms with Crippen molar-refractivity contribution in [2.45, 2.75) is 0 Å². The fourth-order valence-electron chi connectivity index (χ4n) is 1.54. The number of benzene rings is 2. The van der Waals surface area contributed by atoms with E-state index >= 15 is 0 Å². The highest BCUT2D eigenvalue weighted by Crippen LogP contribution is 2.37. The Kier molecular flexibility index (Phi) is 4.13. The lowest BCUT2D eigenvalue weighted by Gasteiger charge is -2.10. The standard InChI is InChI=1S/C13H9Br2ClO/c1-17-9-3-5-13(15)11(7-9)10-6-8(16)2-4-12(10)14/h2-7H,1H3. The van der Waals surface area contributed by atoms with E-state index in [0.717, 1.165) is 25.8 Å². The minimum atomic E-state index is 0.706. The SMILES string of the molecule is COc1ccc(Br)c(-c2cc(Cl)ccc2Br)c1. The van der Waals surface area contributed by atoms with Crippen molar-refractivity contribution in [3.8, 4) is 16.9 Å². The van der Waals surface area contributed by atoms with Gasteiger partial charge in [0.2, 0.25) is 0 Å². The average Bonchev–Trinajstić information content (AvgIpc) is 2.33. The van der Waals surface area contributed by atoms with Gasteiger partial charge in [0.1, 0.15) is 5.75 Å². The summed E-state index contributed by atoms with van der Waals surface area (Å²) in [6.45, 7) is 0. The maximum Gasteiger partial charge on any atom is 0.119 e. The van der Waals surface area contributed by atoms with Crippen molar-refractivity contribution in [3.05, 3.63) is 50.4 Å². The third-order valence-corrected chi connectivity index (χ3v) is 4.01. The van der Waals surface area contributed by atoms with Crippen molar-refractivity contribution in [2.24, 2.45) is 0 Å². The third-order valence-electron chi connectivity index (χ3n) is 2.39. The quantitative estimate of drug-likeness (QED) is 0.669. The monoisotopic (exact) mass is 374 g/mol. The summed E-state index contributed by atoms with van der Waals surface area (Å²) in [5, 5.41) is 0.706. The summed E-state index contributed by atoms with van der Waals surface area (Å²) in [6.07, 6.45) is 0. The molecule has 0 unspecified atom stereocenters. The molecule has 88 valence electrons. The lowest BCUT2D eigenvalue weighted by atomic mass is 10.1.